The monoisotopic (exact) mass is 421 g/mol. The van der Waals surface area contributed by atoms with Crippen LogP contribution in [0, 0.1) is 0 Å². The van der Waals surface area contributed by atoms with Crippen LogP contribution in [-0.2, 0) is 11.0 Å². The molecule has 0 spiro atoms. The van der Waals surface area contributed by atoms with Crippen LogP contribution in [0.15, 0.2) is 53.6 Å². The van der Waals surface area contributed by atoms with E-state index in [2.05, 4.69) is 15.3 Å². The molecule has 9 heteroatoms. The molecule has 3 aromatic rings. The summed E-state index contributed by atoms with van der Waals surface area (Å²) < 4.78 is 44.6. The molecule has 1 heterocycles. The first-order valence-electron chi connectivity index (χ1n) is 8.68. The second-order valence-corrected chi connectivity index (χ2v) is 7.15. The number of nitrogens with zero attached hydrogens (tertiary/aromatic N) is 2. The number of nitrogens with one attached hydrogen (secondary N) is 1. The summed E-state index contributed by atoms with van der Waals surface area (Å²) in [4.78, 5) is 19.6. The van der Waals surface area contributed by atoms with Crippen LogP contribution in [-0.4, -0.2) is 28.7 Å². The zero-order valence-electron chi connectivity index (χ0n) is 15.7. The van der Waals surface area contributed by atoms with Crippen molar-refractivity contribution >= 4 is 28.6 Å². The average Bonchev–Trinajstić information content (AvgIpc) is 2.71. The number of halogens is 3. The van der Waals surface area contributed by atoms with Crippen LogP contribution >= 0.6 is 11.8 Å². The zero-order valence-corrected chi connectivity index (χ0v) is 16.5. The number of thioether (sulfide) groups is 1. The van der Waals surface area contributed by atoms with E-state index in [1.807, 2.05) is 25.1 Å². The molecule has 0 saturated carbocycles. The van der Waals surface area contributed by atoms with Gasteiger partial charge < -0.3 is 10.1 Å². The number of methoxy groups -OCH3 is 1. The summed E-state index contributed by atoms with van der Waals surface area (Å²) in [7, 11) is 1.54. The van der Waals surface area contributed by atoms with Crippen molar-refractivity contribution in [1.29, 1.82) is 0 Å². The number of aromatic nitrogens is 2. The van der Waals surface area contributed by atoms with Crippen LogP contribution in [0.4, 0.5) is 13.2 Å². The molecule has 1 atom stereocenters. The van der Waals surface area contributed by atoms with E-state index in [4.69, 9.17) is 4.74 Å². The molecule has 5 nitrogen and oxygen atoms in total. The summed E-state index contributed by atoms with van der Waals surface area (Å²) in [6.45, 7) is 1.81. The highest BCUT2D eigenvalue weighted by Gasteiger charge is 2.35. The largest absolute Gasteiger partial charge is 0.496 e. The predicted molar refractivity (Wildman–Crippen MR) is 105 cm³/mol. The molecule has 1 aromatic heterocycles. The summed E-state index contributed by atoms with van der Waals surface area (Å²) in [6, 6.07) is 13.4. The number of hydrogen-bond acceptors (Lipinski definition) is 5. The van der Waals surface area contributed by atoms with Gasteiger partial charge >= 0.3 is 6.18 Å². The van der Waals surface area contributed by atoms with Crippen LogP contribution in [0.5, 0.6) is 5.75 Å². The predicted octanol–water partition coefficient (Wildman–Crippen LogP) is 4.63. The highest BCUT2D eigenvalue weighted by molar-refractivity contribution is 8.00. The summed E-state index contributed by atoms with van der Waals surface area (Å²) in [5.41, 5.74) is 0.986. The van der Waals surface area contributed by atoms with Crippen molar-refractivity contribution in [3.05, 3.63) is 59.9 Å². The van der Waals surface area contributed by atoms with Gasteiger partial charge in [0.2, 0.25) is 11.7 Å². The maximum absolute atomic E-state index is 13.1. The van der Waals surface area contributed by atoms with Crippen molar-refractivity contribution in [3.63, 3.8) is 0 Å². The molecule has 0 radical (unpaired) electrons. The summed E-state index contributed by atoms with van der Waals surface area (Å²) in [6.07, 6.45) is -4.67. The zero-order chi connectivity index (χ0) is 21.0. The van der Waals surface area contributed by atoms with Crippen LogP contribution in [0.3, 0.4) is 0 Å². The molecular formula is C20H18F3N3O2S. The average molecular weight is 421 g/mol. The van der Waals surface area contributed by atoms with Crippen LogP contribution < -0.4 is 10.1 Å². The lowest BCUT2D eigenvalue weighted by molar-refractivity contribution is -0.145. The Hall–Kier alpha value is -2.81. The third-order valence-corrected chi connectivity index (χ3v) is 5.14. The van der Waals surface area contributed by atoms with Crippen molar-refractivity contribution in [1.82, 2.24) is 15.3 Å². The molecule has 3 rings (SSSR count). The number of para-hydroxylation sites is 2. The van der Waals surface area contributed by atoms with Gasteiger partial charge in [-0.25, -0.2) is 9.97 Å². The number of rotatable bonds is 6. The molecular weight excluding hydrogens is 403 g/mol. The number of carbonyl (C=O) groups excluding carboxylic acids is 1. The Labute approximate surface area is 169 Å². The Morgan fingerprint density at radius 1 is 1.14 bits per heavy atom. The topological polar surface area (TPSA) is 64.1 Å². The van der Waals surface area contributed by atoms with Gasteiger partial charge in [0.25, 0.3) is 0 Å². The van der Waals surface area contributed by atoms with Gasteiger partial charge in [0.15, 0.2) is 0 Å². The van der Waals surface area contributed by atoms with E-state index in [0.717, 1.165) is 17.3 Å². The van der Waals surface area contributed by atoms with Crippen LogP contribution in [0.25, 0.3) is 10.9 Å². The van der Waals surface area contributed by atoms with Crippen molar-refractivity contribution in [2.75, 3.05) is 12.9 Å². The quantitative estimate of drug-likeness (QED) is 0.465. The van der Waals surface area contributed by atoms with Gasteiger partial charge in [-0.1, -0.05) is 48.2 Å². The molecule has 0 aliphatic heterocycles. The lowest BCUT2D eigenvalue weighted by Gasteiger charge is -2.17. The van der Waals surface area contributed by atoms with Crippen LogP contribution in [0.1, 0.15) is 24.4 Å². The number of ether oxygens (including phenoxy) is 1. The summed E-state index contributed by atoms with van der Waals surface area (Å²) in [5, 5.41) is 3.41. The lowest BCUT2D eigenvalue weighted by atomic mass is 10.1. The second-order valence-electron chi connectivity index (χ2n) is 6.19. The van der Waals surface area contributed by atoms with Gasteiger partial charge in [0.05, 0.1) is 24.4 Å². The van der Waals surface area contributed by atoms with Gasteiger partial charge in [0.1, 0.15) is 10.8 Å². The molecule has 152 valence electrons. The Balaban J connectivity index is 1.75. The maximum atomic E-state index is 13.1. The molecule has 0 saturated heterocycles. The van der Waals surface area contributed by atoms with Crippen molar-refractivity contribution in [2.45, 2.75) is 24.2 Å². The molecule has 2 aromatic carbocycles. The number of benzene rings is 2. The minimum Gasteiger partial charge on any atom is -0.496 e. The summed E-state index contributed by atoms with van der Waals surface area (Å²) >= 11 is 0.941. The third kappa shape index (κ3) is 4.97. The minimum absolute atomic E-state index is 0.0855. The van der Waals surface area contributed by atoms with E-state index in [0.29, 0.717) is 11.1 Å². The van der Waals surface area contributed by atoms with Crippen molar-refractivity contribution in [3.8, 4) is 5.75 Å². The van der Waals surface area contributed by atoms with Gasteiger partial charge in [0, 0.05) is 10.9 Å². The fourth-order valence-electron chi connectivity index (χ4n) is 2.80. The van der Waals surface area contributed by atoms with Crippen LogP contribution in [0.2, 0.25) is 0 Å². The molecule has 29 heavy (non-hydrogen) atoms. The molecule has 0 fully saturated rings. The molecule has 1 unspecified atom stereocenters. The van der Waals surface area contributed by atoms with E-state index in [9.17, 15) is 18.0 Å². The Morgan fingerprint density at radius 2 is 1.83 bits per heavy atom. The maximum Gasteiger partial charge on any atom is 0.451 e. The Morgan fingerprint density at radius 3 is 2.55 bits per heavy atom. The normalized spacial score (nSPS) is 12.6. The highest BCUT2D eigenvalue weighted by atomic mass is 32.2. The van der Waals surface area contributed by atoms with E-state index in [1.54, 1.807) is 31.4 Å². The SMILES string of the molecule is COc1ccccc1C(C)NC(=O)CSc1nc(C(F)(F)F)nc2ccccc12. The lowest BCUT2D eigenvalue weighted by Crippen LogP contribution is -2.28. The highest BCUT2D eigenvalue weighted by Crippen LogP contribution is 2.32. The number of fused-ring (bicyclic) bond motifs is 1. The van der Waals surface area contributed by atoms with E-state index in [1.165, 1.54) is 6.07 Å². The fraction of sp³-hybridized carbons (Fsp3) is 0.250. The fourth-order valence-corrected chi connectivity index (χ4v) is 3.63. The van der Waals surface area contributed by atoms with E-state index in [-0.39, 0.29) is 28.2 Å². The molecule has 1 N–H and O–H groups in total. The minimum atomic E-state index is -4.67. The molecule has 0 aliphatic rings. The van der Waals surface area contributed by atoms with Gasteiger partial charge in [-0.05, 0) is 19.1 Å². The Bertz CT molecular complexity index is 1030. The molecule has 0 aliphatic carbocycles. The number of hydrogen-bond donors (Lipinski definition) is 1. The summed E-state index contributed by atoms with van der Waals surface area (Å²) in [5.74, 6) is -0.992. The number of alkyl halides is 3. The van der Waals surface area contributed by atoms with Gasteiger partial charge in [-0.2, -0.15) is 13.2 Å². The van der Waals surface area contributed by atoms with Crippen molar-refractivity contribution < 1.29 is 22.7 Å². The first-order chi connectivity index (χ1) is 13.8. The van der Waals surface area contributed by atoms with E-state index < -0.39 is 12.0 Å². The van der Waals surface area contributed by atoms with Crippen molar-refractivity contribution in [2.24, 2.45) is 0 Å². The van der Waals surface area contributed by atoms with Gasteiger partial charge in [-0.15, -0.1) is 0 Å². The second kappa shape index (κ2) is 8.69. The first kappa shape index (κ1) is 20.9. The van der Waals surface area contributed by atoms with Gasteiger partial charge in [-0.3, -0.25) is 4.79 Å². The van der Waals surface area contributed by atoms with E-state index >= 15 is 0 Å². The Kier molecular flexibility index (Phi) is 6.26. The number of amides is 1. The smallest absolute Gasteiger partial charge is 0.451 e. The molecule has 1 amide bonds. The number of carbonyl (C=O) groups is 1. The first-order valence-corrected chi connectivity index (χ1v) is 9.67. The third-order valence-electron chi connectivity index (χ3n) is 4.14. The standard InChI is InChI=1S/C20H18F3N3O2S/c1-12(13-7-4-6-10-16(13)28-2)24-17(27)11-29-18-14-8-3-5-9-15(14)25-19(26-18)20(21,22)23/h3-10,12H,11H2,1-2H3,(H,24,27). The molecule has 0 bridgehead atoms.